The number of likely N-dealkylation sites (tertiary alicyclic amines) is 1. The molecule has 3 atom stereocenters. The number of amides is 1. The van der Waals surface area contributed by atoms with E-state index in [-0.39, 0.29) is 18.4 Å². The Bertz CT molecular complexity index is 692. The summed E-state index contributed by atoms with van der Waals surface area (Å²) in [5, 5.41) is 0. The minimum absolute atomic E-state index is 0.141. The molecule has 2 N–H and O–H groups in total. The van der Waals surface area contributed by atoms with Crippen molar-refractivity contribution in [2.75, 3.05) is 13.1 Å². The highest BCUT2D eigenvalue weighted by Gasteiger charge is 2.31. The van der Waals surface area contributed by atoms with Gasteiger partial charge >= 0.3 is 0 Å². The Balaban J connectivity index is 1.70. The topological polar surface area (TPSA) is 72.1 Å². The Hall–Kier alpha value is -2.34. The molecule has 0 spiro atoms. The minimum Gasteiger partial charge on any atom is -0.338 e. The number of rotatable bonds is 4. The number of carbonyl (C=O) groups excluding carboxylic acids is 1. The Labute approximate surface area is 140 Å². The van der Waals surface area contributed by atoms with Crippen LogP contribution in [0.3, 0.4) is 0 Å². The van der Waals surface area contributed by atoms with Crippen molar-refractivity contribution in [2.45, 2.75) is 31.5 Å². The van der Waals surface area contributed by atoms with E-state index in [4.69, 9.17) is 5.73 Å². The molecule has 1 aromatic carbocycles. The van der Waals surface area contributed by atoms with E-state index in [9.17, 15) is 9.18 Å². The molecule has 0 aliphatic carbocycles. The normalized spacial score (nSPS) is 20.0. The van der Waals surface area contributed by atoms with Crippen molar-refractivity contribution in [1.82, 2.24) is 14.9 Å². The Kier molecular flexibility index (Phi) is 4.85. The van der Waals surface area contributed by atoms with Crippen molar-refractivity contribution in [3.63, 3.8) is 0 Å². The monoisotopic (exact) mass is 328 g/mol. The zero-order valence-corrected chi connectivity index (χ0v) is 13.6. The summed E-state index contributed by atoms with van der Waals surface area (Å²) < 4.78 is 13.3. The van der Waals surface area contributed by atoms with Gasteiger partial charge in [-0.3, -0.25) is 4.79 Å². The molecule has 126 valence electrons. The van der Waals surface area contributed by atoms with Gasteiger partial charge in [-0.1, -0.05) is 31.2 Å². The van der Waals surface area contributed by atoms with E-state index in [0.717, 1.165) is 16.7 Å². The lowest BCUT2D eigenvalue weighted by Gasteiger charge is -2.25. The highest BCUT2D eigenvalue weighted by molar-refractivity contribution is 5.83. The average Bonchev–Trinajstić information content (AvgIpc) is 3.07. The van der Waals surface area contributed by atoms with Gasteiger partial charge in [0, 0.05) is 30.4 Å². The second kappa shape index (κ2) is 7.05. The number of nitrogens with two attached hydrogens (primary N) is 1. The SMILES string of the molecule is C[C@@H](c1ccc(-c2cncnc2)cc1)[C@H](N)C(=O)N1CC[C@H](F)C1. The molecule has 5 nitrogen and oxygen atoms in total. The van der Waals surface area contributed by atoms with Crippen LogP contribution >= 0.6 is 0 Å². The quantitative estimate of drug-likeness (QED) is 0.933. The van der Waals surface area contributed by atoms with Crippen molar-refractivity contribution < 1.29 is 9.18 Å². The van der Waals surface area contributed by atoms with Crippen LogP contribution in [0.25, 0.3) is 11.1 Å². The number of hydrogen-bond donors (Lipinski definition) is 1. The second-order valence-corrected chi connectivity index (χ2v) is 6.23. The van der Waals surface area contributed by atoms with E-state index in [2.05, 4.69) is 9.97 Å². The maximum atomic E-state index is 13.3. The van der Waals surface area contributed by atoms with Gasteiger partial charge in [-0.15, -0.1) is 0 Å². The number of hydrogen-bond acceptors (Lipinski definition) is 4. The van der Waals surface area contributed by atoms with Gasteiger partial charge in [0.2, 0.25) is 5.91 Å². The van der Waals surface area contributed by atoms with Crippen LogP contribution in [0.5, 0.6) is 0 Å². The van der Waals surface area contributed by atoms with Gasteiger partial charge in [-0.25, -0.2) is 14.4 Å². The summed E-state index contributed by atoms with van der Waals surface area (Å²) >= 11 is 0. The van der Waals surface area contributed by atoms with Gasteiger partial charge in [-0.2, -0.15) is 0 Å². The van der Waals surface area contributed by atoms with Crippen molar-refractivity contribution in [1.29, 1.82) is 0 Å². The van der Waals surface area contributed by atoms with Crippen LogP contribution in [0.4, 0.5) is 4.39 Å². The number of alkyl halides is 1. The van der Waals surface area contributed by atoms with E-state index in [1.807, 2.05) is 31.2 Å². The third-order valence-corrected chi connectivity index (χ3v) is 4.60. The first-order valence-electron chi connectivity index (χ1n) is 8.10. The third kappa shape index (κ3) is 3.43. The molecule has 1 amide bonds. The van der Waals surface area contributed by atoms with Crippen molar-refractivity contribution in [2.24, 2.45) is 5.73 Å². The number of aromatic nitrogens is 2. The summed E-state index contributed by atoms with van der Waals surface area (Å²) in [5.41, 5.74) is 9.05. The van der Waals surface area contributed by atoms with Gasteiger partial charge in [0.25, 0.3) is 0 Å². The maximum absolute atomic E-state index is 13.3. The fourth-order valence-corrected chi connectivity index (χ4v) is 2.98. The molecule has 0 unspecified atom stereocenters. The Morgan fingerprint density at radius 1 is 1.25 bits per heavy atom. The zero-order chi connectivity index (χ0) is 17.1. The zero-order valence-electron chi connectivity index (χ0n) is 13.6. The molecule has 1 aromatic heterocycles. The third-order valence-electron chi connectivity index (χ3n) is 4.60. The predicted octanol–water partition coefficient (Wildman–Crippen LogP) is 2.14. The minimum atomic E-state index is -0.927. The van der Waals surface area contributed by atoms with Gasteiger partial charge in [0.1, 0.15) is 12.5 Å². The molecule has 1 saturated heterocycles. The molecule has 3 rings (SSSR count). The fraction of sp³-hybridized carbons (Fsp3) is 0.389. The summed E-state index contributed by atoms with van der Waals surface area (Å²) in [6, 6.07) is 7.19. The number of carbonyl (C=O) groups is 1. The fourth-order valence-electron chi connectivity index (χ4n) is 2.98. The van der Waals surface area contributed by atoms with E-state index in [0.29, 0.717) is 13.0 Å². The average molecular weight is 328 g/mol. The van der Waals surface area contributed by atoms with Crippen molar-refractivity contribution in [3.05, 3.63) is 48.5 Å². The smallest absolute Gasteiger partial charge is 0.240 e. The molecule has 24 heavy (non-hydrogen) atoms. The summed E-state index contributed by atoms with van der Waals surface area (Å²) in [6.07, 6.45) is 4.47. The Morgan fingerprint density at radius 3 is 2.50 bits per heavy atom. The van der Waals surface area contributed by atoms with Crippen LogP contribution in [0.15, 0.2) is 43.0 Å². The molecule has 0 bridgehead atoms. The van der Waals surface area contributed by atoms with Crippen LogP contribution < -0.4 is 5.73 Å². The lowest BCUT2D eigenvalue weighted by molar-refractivity contribution is -0.132. The molecule has 1 aliphatic rings. The van der Waals surface area contributed by atoms with Crippen LogP contribution in [0, 0.1) is 0 Å². The van der Waals surface area contributed by atoms with E-state index >= 15 is 0 Å². The van der Waals surface area contributed by atoms with Gasteiger partial charge in [-0.05, 0) is 17.5 Å². The number of benzene rings is 1. The first-order chi connectivity index (χ1) is 11.6. The van der Waals surface area contributed by atoms with Crippen molar-refractivity contribution in [3.8, 4) is 11.1 Å². The van der Waals surface area contributed by atoms with E-state index in [1.165, 1.54) is 11.2 Å². The molecule has 1 fully saturated rings. The standard InChI is InChI=1S/C18H21FN4O/c1-12(17(20)18(24)23-7-6-16(19)10-23)13-2-4-14(5-3-13)15-8-21-11-22-9-15/h2-5,8-9,11-12,16-17H,6-7,10,20H2,1H3/t12-,16-,17-/m0/s1. The maximum Gasteiger partial charge on any atom is 0.240 e. The first kappa shape index (κ1) is 16.5. The molecular formula is C18H21FN4O. The lowest BCUT2D eigenvalue weighted by atomic mass is 9.92. The molecule has 0 saturated carbocycles. The van der Waals surface area contributed by atoms with Crippen LogP contribution in [0.1, 0.15) is 24.8 Å². The molecule has 6 heteroatoms. The lowest BCUT2D eigenvalue weighted by Crippen LogP contribution is -2.45. The molecular weight excluding hydrogens is 307 g/mol. The highest BCUT2D eigenvalue weighted by Crippen LogP contribution is 2.25. The molecule has 0 radical (unpaired) electrons. The molecule has 2 heterocycles. The van der Waals surface area contributed by atoms with E-state index < -0.39 is 12.2 Å². The molecule has 2 aromatic rings. The predicted molar refractivity (Wildman–Crippen MR) is 90.0 cm³/mol. The highest BCUT2D eigenvalue weighted by atomic mass is 19.1. The van der Waals surface area contributed by atoms with Gasteiger partial charge in [0.15, 0.2) is 0 Å². The summed E-state index contributed by atoms with van der Waals surface area (Å²) in [6.45, 7) is 2.53. The second-order valence-electron chi connectivity index (χ2n) is 6.23. The number of halogens is 1. The van der Waals surface area contributed by atoms with Gasteiger partial charge in [0.05, 0.1) is 12.6 Å². The molecule has 1 aliphatic heterocycles. The summed E-state index contributed by atoms with van der Waals surface area (Å²) in [5.74, 6) is -0.319. The van der Waals surface area contributed by atoms with Crippen LogP contribution in [0.2, 0.25) is 0 Å². The largest absolute Gasteiger partial charge is 0.338 e. The Morgan fingerprint density at radius 2 is 1.92 bits per heavy atom. The summed E-state index contributed by atoms with van der Waals surface area (Å²) in [7, 11) is 0. The van der Waals surface area contributed by atoms with Crippen LogP contribution in [-0.4, -0.2) is 46.1 Å². The van der Waals surface area contributed by atoms with Crippen molar-refractivity contribution >= 4 is 5.91 Å². The van der Waals surface area contributed by atoms with E-state index in [1.54, 1.807) is 12.4 Å². The van der Waals surface area contributed by atoms with Crippen LogP contribution in [-0.2, 0) is 4.79 Å². The number of nitrogens with zero attached hydrogens (tertiary/aromatic N) is 3. The van der Waals surface area contributed by atoms with Gasteiger partial charge < -0.3 is 10.6 Å². The first-order valence-corrected chi connectivity index (χ1v) is 8.10. The summed E-state index contributed by atoms with van der Waals surface area (Å²) in [4.78, 5) is 22.0.